The van der Waals surface area contributed by atoms with Crippen molar-refractivity contribution in [2.24, 2.45) is 0 Å². The molecule has 0 atom stereocenters. The number of sulfonamides is 1. The highest BCUT2D eigenvalue weighted by atomic mass is 32.2. The van der Waals surface area contributed by atoms with E-state index < -0.39 is 10.0 Å². The molecule has 0 unspecified atom stereocenters. The smallest absolute Gasteiger partial charge is 0.251 e. The molecule has 2 aromatic rings. The van der Waals surface area contributed by atoms with Crippen LogP contribution in [0.2, 0.25) is 0 Å². The Kier molecular flexibility index (Phi) is 6.72. The number of benzene rings is 2. The van der Waals surface area contributed by atoms with Gasteiger partial charge >= 0.3 is 0 Å². The van der Waals surface area contributed by atoms with Crippen molar-refractivity contribution in [2.75, 3.05) is 13.1 Å². The topological polar surface area (TPSA) is 90.3 Å². The molecule has 0 aliphatic heterocycles. The summed E-state index contributed by atoms with van der Waals surface area (Å²) in [6.07, 6.45) is 0. The number of aryl methyl sites for hydroxylation is 1. The van der Waals surface area contributed by atoms with E-state index in [0.29, 0.717) is 29.8 Å². The van der Waals surface area contributed by atoms with Gasteiger partial charge in [0.2, 0.25) is 10.0 Å². The number of hydrogen-bond acceptors (Lipinski definition) is 4. The van der Waals surface area contributed by atoms with E-state index in [2.05, 4.69) is 5.32 Å². The molecule has 0 aliphatic carbocycles. The number of nitrogens with zero attached hydrogens (tertiary/aromatic N) is 2. The zero-order valence-electron chi connectivity index (χ0n) is 15.7. The number of rotatable bonds is 7. The molecule has 0 saturated carbocycles. The van der Waals surface area contributed by atoms with Crippen molar-refractivity contribution in [3.05, 3.63) is 64.7 Å². The van der Waals surface area contributed by atoms with E-state index in [0.717, 1.165) is 5.56 Å². The van der Waals surface area contributed by atoms with Gasteiger partial charge < -0.3 is 5.32 Å². The Bertz CT molecular complexity index is 957. The zero-order valence-corrected chi connectivity index (χ0v) is 16.5. The van der Waals surface area contributed by atoms with Crippen molar-refractivity contribution in [1.29, 1.82) is 5.26 Å². The average molecular weight is 385 g/mol. The Morgan fingerprint density at radius 2 is 1.74 bits per heavy atom. The molecular weight excluding hydrogens is 362 g/mol. The Morgan fingerprint density at radius 1 is 1.11 bits per heavy atom. The van der Waals surface area contributed by atoms with Crippen LogP contribution in [0.1, 0.15) is 40.9 Å². The summed E-state index contributed by atoms with van der Waals surface area (Å²) in [7, 11) is -3.63. The van der Waals surface area contributed by atoms with Gasteiger partial charge in [-0.3, -0.25) is 4.79 Å². The maximum atomic E-state index is 12.7. The number of amides is 1. The van der Waals surface area contributed by atoms with Gasteiger partial charge in [0, 0.05) is 25.2 Å². The highest BCUT2D eigenvalue weighted by Crippen LogP contribution is 2.19. The molecule has 0 bridgehead atoms. The van der Waals surface area contributed by atoms with Gasteiger partial charge in [-0.25, -0.2) is 8.42 Å². The van der Waals surface area contributed by atoms with Gasteiger partial charge in [-0.1, -0.05) is 32.0 Å². The van der Waals surface area contributed by atoms with Crippen LogP contribution in [-0.4, -0.2) is 31.7 Å². The Hall–Kier alpha value is -2.69. The summed E-state index contributed by atoms with van der Waals surface area (Å²) in [5, 5.41) is 11.6. The quantitative estimate of drug-likeness (QED) is 0.793. The fourth-order valence-corrected chi connectivity index (χ4v) is 4.18. The van der Waals surface area contributed by atoms with Crippen molar-refractivity contribution in [2.45, 2.75) is 32.2 Å². The summed E-state index contributed by atoms with van der Waals surface area (Å²) in [5.41, 5.74) is 2.44. The molecular formula is C20H23N3O3S. The number of carbonyl (C=O) groups excluding carboxylic acids is 1. The summed E-state index contributed by atoms with van der Waals surface area (Å²) < 4.78 is 26.7. The minimum atomic E-state index is -3.63. The molecule has 0 fully saturated rings. The third kappa shape index (κ3) is 4.73. The lowest BCUT2D eigenvalue weighted by Crippen LogP contribution is -2.31. The molecule has 0 saturated heterocycles. The maximum absolute atomic E-state index is 12.7. The molecule has 2 rings (SSSR count). The van der Waals surface area contributed by atoms with Crippen LogP contribution in [0, 0.1) is 18.3 Å². The summed E-state index contributed by atoms with van der Waals surface area (Å²) in [6.45, 7) is 6.35. The first-order valence-electron chi connectivity index (χ1n) is 8.71. The van der Waals surface area contributed by atoms with Crippen molar-refractivity contribution < 1.29 is 13.2 Å². The largest absolute Gasteiger partial charge is 0.348 e. The van der Waals surface area contributed by atoms with Crippen LogP contribution in [0.5, 0.6) is 0 Å². The molecule has 6 nitrogen and oxygen atoms in total. The molecule has 0 heterocycles. The van der Waals surface area contributed by atoms with Crippen LogP contribution in [0.15, 0.2) is 47.4 Å². The van der Waals surface area contributed by atoms with E-state index in [1.807, 2.05) is 6.07 Å². The van der Waals surface area contributed by atoms with Crippen molar-refractivity contribution in [3.63, 3.8) is 0 Å². The molecule has 0 spiro atoms. The van der Waals surface area contributed by atoms with Crippen LogP contribution in [-0.2, 0) is 16.6 Å². The van der Waals surface area contributed by atoms with Crippen LogP contribution in [0.4, 0.5) is 0 Å². The molecule has 1 N–H and O–H groups in total. The molecule has 0 aliphatic rings. The third-order valence-electron chi connectivity index (χ3n) is 4.33. The maximum Gasteiger partial charge on any atom is 0.251 e. The van der Waals surface area contributed by atoms with E-state index >= 15 is 0 Å². The lowest BCUT2D eigenvalue weighted by Gasteiger charge is -2.19. The zero-order chi connectivity index (χ0) is 20.0. The second-order valence-corrected chi connectivity index (χ2v) is 8.00. The highest BCUT2D eigenvalue weighted by Gasteiger charge is 2.23. The second-order valence-electron chi connectivity index (χ2n) is 6.06. The lowest BCUT2D eigenvalue weighted by molar-refractivity contribution is 0.0950. The van der Waals surface area contributed by atoms with Gasteiger partial charge in [-0.2, -0.15) is 9.57 Å². The molecule has 142 valence electrons. The van der Waals surface area contributed by atoms with Gasteiger partial charge in [0.05, 0.1) is 16.5 Å². The van der Waals surface area contributed by atoms with Gasteiger partial charge in [0.25, 0.3) is 5.91 Å². The van der Waals surface area contributed by atoms with E-state index in [4.69, 9.17) is 5.26 Å². The van der Waals surface area contributed by atoms with Crippen LogP contribution in [0.25, 0.3) is 0 Å². The monoisotopic (exact) mass is 385 g/mol. The summed E-state index contributed by atoms with van der Waals surface area (Å²) in [6, 6.07) is 13.6. The third-order valence-corrected chi connectivity index (χ3v) is 6.38. The predicted octanol–water partition coefficient (Wildman–Crippen LogP) is 2.83. The molecule has 2 aromatic carbocycles. The van der Waals surface area contributed by atoms with Gasteiger partial charge in [0.1, 0.15) is 0 Å². The summed E-state index contributed by atoms with van der Waals surface area (Å²) >= 11 is 0. The Morgan fingerprint density at radius 3 is 2.30 bits per heavy atom. The standard InChI is InChI=1S/C20H23N3O3S/c1-4-23(5-2)27(25,26)18-11-6-15(3)19(12-18)20(24)22-14-17-9-7-16(13-21)8-10-17/h6-12H,4-5,14H2,1-3H3,(H,22,24). The Balaban J connectivity index is 2.22. The number of hydrogen-bond donors (Lipinski definition) is 1. The summed E-state index contributed by atoms with van der Waals surface area (Å²) in [4.78, 5) is 12.7. The van der Waals surface area contributed by atoms with Gasteiger partial charge in [0.15, 0.2) is 0 Å². The van der Waals surface area contributed by atoms with Crippen molar-refractivity contribution in [3.8, 4) is 6.07 Å². The fraction of sp³-hybridized carbons (Fsp3) is 0.300. The first-order valence-corrected chi connectivity index (χ1v) is 10.2. The number of carbonyl (C=O) groups is 1. The first-order chi connectivity index (χ1) is 12.8. The van der Waals surface area contributed by atoms with Gasteiger partial charge in [-0.15, -0.1) is 0 Å². The lowest BCUT2D eigenvalue weighted by atomic mass is 10.1. The Labute approximate surface area is 160 Å². The molecule has 27 heavy (non-hydrogen) atoms. The predicted molar refractivity (Wildman–Crippen MR) is 104 cm³/mol. The van der Waals surface area contributed by atoms with E-state index in [9.17, 15) is 13.2 Å². The molecule has 0 radical (unpaired) electrons. The average Bonchev–Trinajstić information content (AvgIpc) is 2.67. The van der Waals surface area contributed by atoms with Crippen molar-refractivity contribution in [1.82, 2.24) is 9.62 Å². The first kappa shape index (κ1) is 20.6. The highest BCUT2D eigenvalue weighted by molar-refractivity contribution is 7.89. The van der Waals surface area contributed by atoms with Crippen LogP contribution < -0.4 is 5.32 Å². The molecule has 1 amide bonds. The minimum Gasteiger partial charge on any atom is -0.348 e. The van der Waals surface area contributed by atoms with E-state index in [1.54, 1.807) is 51.1 Å². The molecule has 0 aromatic heterocycles. The molecule has 7 heteroatoms. The summed E-state index contributed by atoms with van der Waals surface area (Å²) in [5.74, 6) is -0.339. The van der Waals surface area contributed by atoms with Gasteiger partial charge in [-0.05, 0) is 42.3 Å². The van der Waals surface area contributed by atoms with E-state index in [-0.39, 0.29) is 17.3 Å². The minimum absolute atomic E-state index is 0.111. The number of nitrogens with one attached hydrogen (secondary N) is 1. The van der Waals surface area contributed by atoms with Crippen LogP contribution >= 0.6 is 0 Å². The normalized spacial score (nSPS) is 11.2. The second kappa shape index (κ2) is 8.80. The number of nitriles is 1. The van der Waals surface area contributed by atoms with Crippen molar-refractivity contribution >= 4 is 15.9 Å². The fourth-order valence-electron chi connectivity index (χ4n) is 2.69. The van der Waals surface area contributed by atoms with E-state index in [1.165, 1.54) is 16.4 Å². The van der Waals surface area contributed by atoms with Crippen LogP contribution in [0.3, 0.4) is 0 Å². The SMILES string of the molecule is CCN(CC)S(=O)(=O)c1ccc(C)c(C(=O)NCc2ccc(C#N)cc2)c1.